The number of hydrogen-bond acceptors (Lipinski definition) is 7. The van der Waals surface area contributed by atoms with Crippen molar-refractivity contribution in [1.29, 1.82) is 0 Å². The summed E-state index contributed by atoms with van der Waals surface area (Å²) in [5.41, 5.74) is 6.07. The van der Waals surface area contributed by atoms with Crippen LogP contribution in [0.15, 0.2) is 24.4 Å². The first-order chi connectivity index (χ1) is 12.6. The van der Waals surface area contributed by atoms with E-state index in [1.807, 2.05) is 4.90 Å². The average Bonchev–Trinajstić information content (AvgIpc) is 3.04. The first-order valence-electron chi connectivity index (χ1n) is 8.06. The fourth-order valence-electron chi connectivity index (χ4n) is 3.23. The van der Waals surface area contributed by atoms with Crippen molar-refractivity contribution in [1.82, 2.24) is 14.9 Å². The van der Waals surface area contributed by atoms with Crippen LogP contribution in [-0.4, -0.2) is 46.3 Å². The fraction of sp³-hybridized carbons (Fsp3) is 0.294. The molecule has 1 fully saturated rings. The second-order valence-corrected chi connectivity index (χ2v) is 6.98. The minimum atomic E-state index is -0.762. The zero-order valence-electron chi connectivity index (χ0n) is 13.7. The van der Waals surface area contributed by atoms with Gasteiger partial charge in [-0.3, -0.25) is 9.88 Å². The normalized spacial score (nSPS) is 16.8. The zero-order chi connectivity index (χ0) is 18.3. The summed E-state index contributed by atoms with van der Waals surface area (Å²) in [4.78, 5) is 10.1. The van der Waals surface area contributed by atoms with Crippen molar-refractivity contribution in [2.24, 2.45) is 0 Å². The number of nitrogens with zero attached hydrogens (tertiary/aromatic N) is 3. The Morgan fingerprint density at radius 2 is 2.04 bits per heavy atom. The molecule has 1 unspecified atom stereocenters. The van der Waals surface area contributed by atoms with Crippen molar-refractivity contribution in [2.75, 3.05) is 32.0 Å². The Labute approximate surface area is 151 Å². The van der Waals surface area contributed by atoms with Crippen molar-refractivity contribution in [3.05, 3.63) is 47.3 Å². The van der Waals surface area contributed by atoms with Crippen molar-refractivity contribution < 1.29 is 18.6 Å². The van der Waals surface area contributed by atoms with Crippen LogP contribution in [0, 0.1) is 11.6 Å². The minimum absolute atomic E-state index is 0.0806. The monoisotopic (exact) mass is 378 g/mol. The number of nitrogen functional groups attached to an aromatic ring is 1. The van der Waals surface area contributed by atoms with Gasteiger partial charge >= 0.3 is 0 Å². The van der Waals surface area contributed by atoms with Crippen molar-refractivity contribution in [2.45, 2.75) is 6.04 Å². The molecular weight excluding hydrogens is 362 g/mol. The summed E-state index contributed by atoms with van der Waals surface area (Å²) < 4.78 is 34.7. The molecule has 0 bridgehead atoms. The highest BCUT2D eigenvalue weighted by Gasteiger charge is 2.32. The SMILES string of the molecule is Nc1nc2c(O)c(C(c3ncccc3F)N3CCOCC3)cc(F)c2s1. The third kappa shape index (κ3) is 2.87. The number of rotatable bonds is 3. The van der Waals surface area contributed by atoms with Gasteiger partial charge in [-0.1, -0.05) is 11.3 Å². The van der Waals surface area contributed by atoms with E-state index in [1.54, 1.807) is 0 Å². The van der Waals surface area contributed by atoms with Gasteiger partial charge in [-0.2, -0.15) is 0 Å². The van der Waals surface area contributed by atoms with Crippen LogP contribution in [0.2, 0.25) is 0 Å². The number of morpholine rings is 1. The number of anilines is 1. The molecule has 136 valence electrons. The largest absolute Gasteiger partial charge is 0.505 e. The van der Waals surface area contributed by atoms with Crippen LogP contribution in [0.25, 0.3) is 10.2 Å². The Morgan fingerprint density at radius 3 is 2.77 bits per heavy atom. The molecule has 26 heavy (non-hydrogen) atoms. The molecule has 1 atom stereocenters. The van der Waals surface area contributed by atoms with Crippen molar-refractivity contribution >= 4 is 26.7 Å². The summed E-state index contributed by atoms with van der Waals surface area (Å²) in [5.74, 6) is -1.30. The number of fused-ring (bicyclic) bond motifs is 1. The second kappa shape index (κ2) is 6.75. The van der Waals surface area contributed by atoms with Gasteiger partial charge in [0, 0.05) is 24.8 Å². The summed E-state index contributed by atoms with van der Waals surface area (Å²) >= 11 is 0.956. The maximum atomic E-state index is 14.6. The highest BCUT2D eigenvalue weighted by molar-refractivity contribution is 7.22. The van der Waals surface area contributed by atoms with Crippen LogP contribution >= 0.6 is 11.3 Å². The van der Waals surface area contributed by atoms with Crippen LogP contribution in [0.3, 0.4) is 0 Å². The molecule has 1 aliphatic rings. The van der Waals surface area contributed by atoms with Gasteiger partial charge in [-0.25, -0.2) is 13.8 Å². The molecule has 0 radical (unpaired) electrons. The van der Waals surface area contributed by atoms with E-state index in [4.69, 9.17) is 10.5 Å². The van der Waals surface area contributed by atoms with E-state index in [2.05, 4.69) is 9.97 Å². The Bertz CT molecular complexity index is 959. The lowest BCUT2D eigenvalue weighted by atomic mass is 9.98. The van der Waals surface area contributed by atoms with Gasteiger partial charge in [0.1, 0.15) is 22.9 Å². The standard InChI is InChI=1S/C17H16F2N4O2S/c18-10-2-1-3-21-12(10)14(23-4-6-25-7-5-23)9-8-11(19)16-13(15(9)24)22-17(20)26-16/h1-3,8,14,24H,4-7H2,(H2,20,22). The Hall–Kier alpha value is -2.36. The molecule has 3 heterocycles. The predicted octanol–water partition coefficient (Wildman–Crippen LogP) is 2.68. The minimum Gasteiger partial charge on any atom is -0.505 e. The third-order valence-corrected chi connectivity index (χ3v) is 5.28. The number of benzene rings is 1. The quantitative estimate of drug-likeness (QED) is 0.729. The van der Waals surface area contributed by atoms with Crippen molar-refractivity contribution in [3.63, 3.8) is 0 Å². The van der Waals surface area contributed by atoms with Gasteiger partial charge < -0.3 is 15.6 Å². The van der Waals surface area contributed by atoms with Gasteiger partial charge in [0.2, 0.25) is 0 Å². The Balaban J connectivity index is 1.93. The van der Waals surface area contributed by atoms with Crippen LogP contribution in [0.4, 0.5) is 13.9 Å². The molecular formula is C17H16F2N4O2S. The first kappa shape index (κ1) is 17.1. The first-order valence-corrected chi connectivity index (χ1v) is 8.87. The van der Waals surface area contributed by atoms with Gasteiger partial charge in [-0.05, 0) is 18.2 Å². The van der Waals surface area contributed by atoms with Gasteiger partial charge in [0.15, 0.2) is 5.13 Å². The van der Waals surface area contributed by atoms with Crippen LogP contribution < -0.4 is 5.73 Å². The lowest BCUT2D eigenvalue weighted by Crippen LogP contribution is -2.40. The van der Waals surface area contributed by atoms with E-state index < -0.39 is 17.7 Å². The Kier molecular flexibility index (Phi) is 4.43. The molecule has 0 aliphatic carbocycles. The molecule has 3 N–H and O–H groups in total. The number of nitrogens with two attached hydrogens (primary N) is 1. The second-order valence-electron chi connectivity index (χ2n) is 5.95. The van der Waals surface area contributed by atoms with Crippen LogP contribution in [0.5, 0.6) is 5.75 Å². The summed E-state index contributed by atoms with van der Waals surface area (Å²) in [6, 6.07) is 3.23. The van der Waals surface area contributed by atoms with E-state index in [0.29, 0.717) is 26.3 Å². The number of hydrogen-bond donors (Lipinski definition) is 2. The molecule has 4 rings (SSSR count). The average molecular weight is 378 g/mol. The molecule has 3 aromatic rings. The van der Waals surface area contributed by atoms with Gasteiger partial charge in [-0.15, -0.1) is 0 Å². The predicted molar refractivity (Wildman–Crippen MR) is 94.1 cm³/mol. The molecule has 1 aromatic carbocycles. The lowest BCUT2D eigenvalue weighted by Gasteiger charge is -2.34. The van der Waals surface area contributed by atoms with E-state index in [9.17, 15) is 13.9 Å². The topological polar surface area (TPSA) is 84.5 Å². The summed E-state index contributed by atoms with van der Waals surface area (Å²) in [5, 5.41) is 10.9. The third-order valence-electron chi connectivity index (χ3n) is 4.39. The number of aromatic hydroxyl groups is 1. The van der Waals surface area contributed by atoms with E-state index >= 15 is 0 Å². The summed E-state index contributed by atoms with van der Waals surface area (Å²) in [6.45, 7) is 1.91. The molecule has 0 spiro atoms. The highest BCUT2D eigenvalue weighted by atomic mass is 32.1. The number of phenolic OH excluding ortho intramolecular Hbond substituents is 1. The molecule has 1 aliphatic heterocycles. The fourth-order valence-corrected chi connectivity index (χ4v) is 3.97. The lowest BCUT2D eigenvalue weighted by molar-refractivity contribution is 0.0221. The van der Waals surface area contributed by atoms with E-state index in [0.717, 1.165) is 11.3 Å². The molecule has 2 aromatic heterocycles. The van der Waals surface area contributed by atoms with Gasteiger partial charge in [0.25, 0.3) is 0 Å². The number of aromatic nitrogens is 2. The van der Waals surface area contributed by atoms with Crippen LogP contribution in [-0.2, 0) is 4.74 Å². The smallest absolute Gasteiger partial charge is 0.181 e. The maximum Gasteiger partial charge on any atom is 0.181 e. The number of halogens is 2. The number of thiazole rings is 1. The van der Waals surface area contributed by atoms with E-state index in [-0.39, 0.29) is 32.4 Å². The van der Waals surface area contributed by atoms with E-state index in [1.165, 1.54) is 24.4 Å². The number of ether oxygens (including phenoxy) is 1. The Morgan fingerprint density at radius 1 is 1.27 bits per heavy atom. The summed E-state index contributed by atoms with van der Waals surface area (Å²) in [7, 11) is 0. The van der Waals surface area contributed by atoms with Crippen LogP contribution in [0.1, 0.15) is 17.3 Å². The maximum absolute atomic E-state index is 14.6. The molecule has 1 saturated heterocycles. The van der Waals surface area contributed by atoms with Crippen molar-refractivity contribution in [3.8, 4) is 5.75 Å². The number of phenols is 1. The number of pyridine rings is 1. The molecule has 0 amide bonds. The molecule has 6 nitrogen and oxygen atoms in total. The van der Waals surface area contributed by atoms with Gasteiger partial charge in [0.05, 0.1) is 29.6 Å². The highest BCUT2D eigenvalue weighted by Crippen LogP contribution is 2.41. The summed E-state index contributed by atoms with van der Waals surface area (Å²) in [6.07, 6.45) is 1.47. The molecule has 9 heteroatoms. The zero-order valence-corrected chi connectivity index (χ0v) is 14.5. The molecule has 0 saturated carbocycles.